The van der Waals surface area contributed by atoms with Crippen LogP contribution in [0.3, 0.4) is 0 Å². The number of aromatic nitrogens is 2. The van der Waals surface area contributed by atoms with Crippen molar-refractivity contribution in [2.75, 3.05) is 45.3 Å². The fourth-order valence-corrected chi connectivity index (χ4v) is 7.47. The molecule has 1 aromatic carbocycles. The van der Waals surface area contributed by atoms with Crippen LogP contribution in [0.4, 0.5) is 5.82 Å². The van der Waals surface area contributed by atoms with Gasteiger partial charge >= 0.3 is 0 Å². The molecular weight excluding hydrogens is 448 g/mol. The van der Waals surface area contributed by atoms with Gasteiger partial charge in [0, 0.05) is 37.1 Å². The molecular formula is C22H26N4O4S2. The van der Waals surface area contributed by atoms with Gasteiger partial charge in [0.15, 0.2) is 0 Å². The van der Waals surface area contributed by atoms with E-state index in [1.165, 1.54) is 46.8 Å². The highest BCUT2D eigenvalue weighted by atomic mass is 32.2. The summed E-state index contributed by atoms with van der Waals surface area (Å²) in [6.07, 6.45) is 3.36. The van der Waals surface area contributed by atoms with Gasteiger partial charge in [-0.05, 0) is 43.9 Å². The molecule has 2 aliphatic rings. The summed E-state index contributed by atoms with van der Waals surface area (Å²) in [4.78, 5) is 14.3. The van der Waals surface area contributed by atoms with Gasteiger partial charge in [-0.2, -0.15) is 4.31 Å². The zero-order chi connectivity index (χ0) is 22.5. The Morgan fingerprint density at radius 3 is 2.53 bits per heavy atom. The van der Waals surface area contributed by atoms with Crippen LogP contribution in [-0.4, -0.2) is 63.1 Å². The van der Waals surface area contributed by atoms with E-state index in [1.54, 1.807) is 23.5 Å². The summed E-state index contributed by atoms with van der Waals surface area (Å²) in [5.41, 5.74) is 1.39. The lowest BCUT2D eigenvalue weighted by molar-refractivity contribution is 0.370. The number of ether oxygens (including phenoxy) is 2. The first-order valence-electron chi connectivity index (χ1n) is 10.7. The number of anilines is 1. The van der Waals surface area contributed by atoms with E-state index in [9.17, 15) is 8.42 Å². The first kappa shape index (κ1) is 21.4. The highest BCUT2D eigenvalue weighted by Crippen LogP contribution is 2.41. The number of fused-ring (bicyclic) bond motifs is 3. The molecule has 0 unspecified atom stereocenters. The molecule has 3 heterocycles. The van der Waals surface area contributed by atoms with Gasteiger partial charge in [0.1, 0.15) is 32.9 Å². The normalized spacial score (nSPS) is 17.0. The standard InChI is InChI=1S/C22H26N4O4S2/c1-14-23-21(20-16-5-4-6-18(16)31-22(20)24-14)25-9-11-26(12-10-25)32(27,28)19-13-15(29-2)7-8-17(19)30-3/h7-8,13H,4-6,9-12H2,1-3H3. The lowest BCUT2D eigenvalue weighted by Gasteiger charge is -2.35. The van der Waals surface area contributed by atoms with Gasteiger partial charge < -0.3 is 14.4 Å². The second-order valence-corrected chi connectivity index (χ2v) is 11.0. The van der Waals surface area contributed by atoms with Crippen molar-refractivity contribution in [3.63, 3.8) is 0 Å². The number of thiophene rings is 1. The lowest BCUT2D eigenvalue weighted by Crippen LogP contribution is -2.49. The minimum atomic E-state index is -3.72. The van der Waals surface area contributed by atoms with E-state index in [4.69, 9.17) is 14.5 Å². The van der Waals surface area contributed by atoms with E-state index in [-0.39, 0.29) is 4.90 Å². The minimum absolute atomic E-state index is 0.128. The molecule has 1 saturated heterocycles. The second kappa shape index (κ2) is 8.17. The van der Waals surface area contributed by atoms with Crippen LogP contribution in [0, 0.1) is 6.92 Å². The minimum Gasteiger partial charge on any atom is -0.497 e. The van der Waals surface area contributed by atoms with Gasteiger partial charge in [-0.1, -0.05) is 0 Å². The van der Waals surface area contributed by atoms with Crippen LogP contribution >= 0.6 is 11.3 Å². The third kappa shape index (κ3) is 3.50. The number of hydrogen-bond acceptors (Lipinski definition) is 8. The van der Waals surface area contributed by atoms with Crippen LogP contribution < -0.4 is 14.4 Å². The van der Waals surface area contributed by atoms with Gasteiger partial charge in [0.25, 0.3) is 0 Å². The lowest BCUT2D eigenvalue weighted by atomic mass is 10.1. The summed E-state index contributed by atoms with van der Waals surface area (Å²) in [7, 11) is -0.732. The van der Waals surface area contributed by atoms with Crippen molar-refractivity contribution in [2.24, 2.45) is 0 Å². The molecule has 1 aliphatic carbocycles. The Kier molecular flexibility index (Phi) is 5.47. The Labute approximate surface area is 191 Å². The Hall–Kier alpha value is -2.43. The molecule has 2 aromatic heterocycles. The van der Waals surface area contributed by atoms with E-state index in [1.807, 2.05) is 6.92 Å². The molecule has 0 saturated carbocycles. The summed E-state index contributed by atoms with van der Waals surface area (Å²) in [5.74, 6) is 2.50. The number of methoxy groups -OCH3 is 2. The third-order valence-corrected chi connectivity index (χ3v) is 9.29. The van der Waals surface area contributed by atoms with Crippen molar-refractivity contribution >= 4 is 37.4 Å². The van der Waals surface area contributed by atoms with E-state index in [2.05, 4.69) is 9.88 Å². The summed E-state index contributed by atoms with van der Waals surface area (Å²) in [6, 6.07) is 4.84. The molecule has 0 N–H and O–H groups in total. The second-order valence-electron chi connectivity index (χ2n) is 8.04. The molecule has 5 rings (SSSR count). The maximum absolute atomic E-state index is 13.4. The number of sulfonamides is 1. The van der Waals surface area contributed by atoms with E-state index in [0.717, 1.165) is 29.3 Å². The van der Waals surface area contributed by atoms with Crippen molar-refractivity contribution in [1.82, 2.24) is 14.3 Å². The van der Waals surface area contributed by atoms with Gasteiger partial charge in [-0.25, -0.2) is 18.4 Å². The smallest absolute Gasteiger partial charge is 0.247 e. The van der Waals surface area contributed by atoms with Crippen LogP contribution in [0.5, 0.6) is 11.5 Å². The summed E-state index contributed by atoms with van der Waals surface area (Å²) in [6.45, 7) is 3.81. The number of hydrogen-bond donors (Lipinski definition) is 0. The number of piperazine rings is 1. The van der Waals surface area contributed by atoms with Crippen molar-refractivity contribution in [1.29, 1.82) is 0 Å². The molecule has 10 heteroatoms. The van der Waals surface area contributed by atoms with E-state index < -0.39 is 10.0 Å². The molecule has 8 nitrogen and oxygen atoms in total. The predicted octanol–water partition coefficient (Wildman–Crippen LogP) is 3.02. The van der Waals surface area contributed by atoms with Gasteiger partial charge in [-0.3, -0.25) is 0 Å². The Bertz CT molecular complexity index is 1280. The van der Waals surface area contributed by atoms with Crippen molar-refractivity contribution < 1.29 is 17.9 Å². The zero-order valence-electron chi connectivity index (χ0n) is 18.4. The summed E-state index contributed by atoms with van der Waals surface area (Å²) >= 11 is 1.78. The van der Waals surface area contributed by atoms with Crippen LogP contribution in [0.25, 0.3) is 10.2 Å². The maximum Gasteiger partial charge on any atom is 0.247 e. The van der Waals surface area contributed by atoms with E-state index in [0.29, 0.717) is 37.7 Å². The number of rotatable bonds is 5. The van der Waals surface area contributed by atoms with E-state index >= 15 is 0 Å². The molecule has 0 amide bonds. The Morgan fingerprint density at radius 2 is 1.81 bits per heavy atom. The van der Waals surface area contributed by atoms with Gasteiger partial charge in [-0.15, -0.1) is 11.3 Å². The molecule has 1 fully saturated rings. The van der Waals surface area contributed by atoms with Crippen molar-refractivity contribution in [3.8, 4) is 11.5 Å². The SMILES string of the molecule is COc1ccc(OC)c(S(=O)(=O)N2CCN(c3nc(C)nc4sc5c(c34)CCC5)CC2)c1. The average Bonchev–Trinajstić information content (AvgIpc) is 3.39. The summed E-state index contributed by atoms with van der Waals surface area (Å²) < 4.78 is 38.9. The quantitative estimate of drug-likeness (QED) is 0.562. The maximum atomic E-state index is 13.4. The van der Waals surface area contributed by atoms with Crippen LogP contribution in [0.2, 0.25) is 0 Å². The summed E-state index contributed by atoms with van der Waals surface area (Å²) in [5, 5.41) is 1.17. The number of nitrogens with zero attached hydrogens (tertiary/aromatic N) is 4. The fraction of sp³-hybridized carbons (Fsp3) is 0.455. The molecule has 0 radical (unpaired) electrons. The Balaban J connectivity index is 1.43. The Morgan fingerprint density at radius 1 is 1.03 bits per heavy atom. The molecule has 0 bridgehead atoms. The highest BCUT2D eigenvalue weighted by Gasteiger charge is 2.33. The van der Waals surface area contributed by atoms with Crippen LogP contribution in [0.1, 0.15) is 22.7 Å². The third-order valence-electron chi connectivity index (χ3n) is 6.18. The fourth-order valence-electron chi connectivity index (χ4n) is 4.57. The zero-order valence-corrected chi connectivity index (χ0v) is 20.1. The molecule has 3 aromatic rings. The molecule has 0 atom stereocenters. The first-order valence-corrected chi connectivity index (χ1v) is 12.9. The topological polar surface area (TPSA) is 84.9 Å². The predicted molar refractivity (Wildman–Crippen MR) is 125 cm³/mol. The van der Waals surface area contributed by atoms with Crippen LogP contribution in [0.15, 0.2) is 23.1 Å². The number of benzene rings is 1. The van der Waals surface area contributed by atoms with Crippen molar-refractivity contribution in [2.45, 2.75) is 31.1 Å². The van der Waals surface area contributed by atoms with Gasteiger partial charge in [0.05, 0.1) is 19.6 Å². The first-order chi connectivity index (χ1) is 15.4. The molecule has 32 heavy (non-hydrogen) atoms. The molecule has 0 spiro atoms. The molecule has 1 aliphatic heterocycles. The molecule has 170 valence electrons. The van der Waals surface area contributed by atoms with Gasteiger partial charge in [0.2, 0.25) is 10.0 Å². The van der Waals surface area contributed by atoms with Crippen molar-refractivity contribution in [3.05, 3.63) is 34.5 Å². The average molecular weight is 475 g/mol. The monoisotopic (exact) mass is 474 g/mol. The number of aryl methyl sites for hydroxylation is 3. The van der Waals surface area contributed by atoms with Crippen LogP contribution in [-0.2, 0) is 22.9 Å². The highest BCUT2D eigenvalue weighted by molar-refractivity contribution is 7.89. The largest absolute Gasteiger partial charge is 0.497 e.